The van der Waals surface area contributed by atoms with Gasteiger partial charge in [0.25, 0.3) is 0 Å². The second-order valence-electron chi connectivity index (χ2n) is 4.47. The Balaban J connectivity index is 1.87. The Morgan fingerprint density at radius 2 is 2.11 bits per heavy atom. The molecule has 0 amide bonds. The van der Waals surface area contributed by atoms with Crippen LogP contribution in [0, 0.1) is 11.3 Å². The Kier molecular flexibility index (Phi) is 2.99. The van der Waals surface area contributed by atoms with E-state index in [9.17, 15) is 0 Å². The Bertz CT molecular complexity index is 736. The highest BCUT2D eigenvalue weighted by Crippen LogP contribution is 2.17. The monoisotopic (exact) mass is 247 g/mol. The van der Waals surface area contributed by atoms with Crippen molar-refractivity contribution in [3.8, 4) is 6.07 Å². The molecule has 2 aromatic heterocycles. The summed E-state index contributed by atoms with van der Waals surface area (Å²) in [6.45, 7) is 0.870. The maximum atomic E-state index is 8.96. The zero-order chi connectivity index (χ0) is 13.1. The van der Waals surface area contributed by atoms with Crippen molar-refractivity contribution in [2.75, 3.05) is 0 Å². The van der Waals surface area contributed by atoms with Gasteiger partial charge in [-0.2, -0.15) is 5.26 Å². The molecule has 0 aliphatic rings. The molecule has 19 heavy (non-hydrogen) atoms. The third-order valence-corrected chi connectivity index (χ3v) is 3.24. The normalized spacial score (nSPS) is 10.5. The molecule has 2 heterocycles. The van der Waals surface area contributed by atoms with Crippen LogP contribution in [0.1, 0.15) is 11.3 Å². The van der Waals surface area contributed by atoms with Gasteiger partial charge in [0.05, 0.1) is 11.6 Å². The highest BCUT2D eigenvalue weighted by molar-refractivity contribution is 5.81. The molecule has 0 aliphatic heterocycles. The van der Waals surface area contributed by atoms with Crippen molar-refractivity contribution in [1.29, 1.82) is 5.26 Å². The molecular formula is C16H13N3. The second kappa shape index (κ2) is 4.95. The van der Waals surface area contributed by atoms with Crippen molar-refractivity contribution in [2.45, 2.75) is 13.0 Å². The zero-order valence-corrected chi connectivity index (χ0v) is 10.5. The molecule has 0 atom stereocenters. The van der Waals surface area contributed by atoms with E-state index >= 15 is 0 Å². The number of fused-ring (bicyclic) bond motifs is 1. The summed E-state index contributed by atoms with van der Waals surface area (Å²) in [5.41, 5.74) is 2.89. The number of benzene rings is 1. The van der Waals surface area contributed by atoms with E-state index in [0.29, 0.717) is 5.56 Å². The van der Waals surface area contributed by atoms with E-state index in [4.69, 9.17) is 5.26 Å². The first-order valence-electron chi connectivity index (χ1n) is 6.26. The number of nitriles is 1. The molecule has 0 saturated carbocycles. The third kappa shape index (κ3) is 2.34. The number of pyridine rings is 1. The van der Waals surface area contributed by atoms with Crippen molar-refractivity contribution < 1.29 is 0 Å². The molecule has 0 N–H and O–H groups in total. The van der Waals surface area contributed by atoms with Crippen molar-refractivity contribution in [3.05, 3.63) is 66.1 Å². The Hall–Kier alpha value is -2.60. The first-order valence-corrected chi connectivity index (χ1v) is 6.26. The SMILES string of the molecule is N#Cc1ccc2ccn(CCc3ccccn3)c2c1. The lowest BCUT2D eigenvalue weighted by Crippen LogP contribution is -2.01. The highest BCUT2D eigenvalue weighted by atomic mass is 15.0. The van der Waals surface area contributed by atoms with Gasteiger partial charge in [0.2, 0.25) is 0 Å². The van der Waals surface area contributed by atoms with E-state index in [1.807, 2.05) is 42.6 Å². The topological polar surface area (TPSA) is 41.6 Å². The van der Waals surface area contributed by atoms with Crippen LogP contribution in [0.4, 0.5) is 0 Å². The van der Waals surface area contributed by atoms with Crippen LogP contribution in [-0.4, -0.2) is 9.55 Å². The second-order valence-corrected chi connectivity index (χ2v) is 4.47. The van der Waals surface area contributed by atoms with Gasteiger partial charge in [-0.3, -0.25) is 4.98 Å². The van der Waals surface area contributed by atoms with Gasteiger partial charge >= 0.3 is 0 Å². The minimum absolute atomic E-state index is 0.699. The number of hydrogen-bond acceptors (Lipinski definition) is 2. The summed E-state index contributed by atoms with van der Waals surface area (Å²) in [4.78, 5) is 4.33. The fraction of sp³-hybridized carbons (Fsp3) is 0.125. The van der Waals surface area contributed by atoms with E-state index in [-0.39, 0.29) is 0 Å². The molecule has 3 nitrogen and oxygen atoms in total. The predicted octanol–water partition coefficient (Wildman–Crippen LogP) is 3.15. The minimum atomic E-state index is 0.699. The van der Waals surface area contributed by atoms with Crippen LogP contribution in [0.25, 0.3) is 10.9 Å². The largest absolute Gasteiger partial charge is 0.347 e. The van der Waals surface area contributed by atoms with Gasteiger partial charge < -0.3 is 4.57 Å². The maximum Gasteiger partial charge on any atom is 0.0992 e. The zero-order valence-electron chi connectivity index (χ0n) is 10.5. The standard InChI is InChI=1S/C16H13N3/c17-12-13-4-5-14-6-9-19(16(14)11-13)10-7-15-3-1-2-8-18-15/h1-6,8-9,11H,7,10H2. The van der Waals surface area contributed by atoms with Crippen LogP contribution < -0.4 is 0 Å². The van der Waals surface area contributed by atoms with Gasteiger partial charge in [0.1, 0.15) is 0 Å². The summed E-state index contributed by atoms with van der Waals surface area (Å²) in [6, 6.07) is 16.0. The predicted molar refractivity (Wildman–Crippen MR) is 74.6 cm³/mol. The van der Waals surface area contributed by atoms with Gasteiger partial charge in [-0.25, -0.2) is 0 Å². The molecule has 3 rings (SSSR count). The average Bonchev–Trinajstić information content (AvgIpc) is 2.88. The molecule has 0 fully saturated rings. The molecule has 0 bridgehead atoms. The summed E-state index contributed by atoms with van der Waals surface area (Å²) < 4.78 is 2.17. The molecule has 0 spiro atoms. The molecule has 0 radical (unpaired) electrons. The molecule has 0 saturated heterocycles. The van der Waals surface area contributed by atoms with Crippen LogP contribution in [0.15, 0.2) is 54.9 Å². The van der Waals surface area contributed by atoms with Crippen molar-refractivity contribution in [3.63, 3.8) is 0 Å². The van der Waals surface area contributed by atoms with Crippen molar-refractivity contribution in [2.24, 2.45) is 0 Å². The summed E-state index contributed by atoms with van der Waals surface area (Å²) in [7, 11) is 0. The fourth-order valence-electron chi connectivity index (χ4n) is 2.23. The smallest absolute Gasteiger partial charge is 0.0992 e. The molecule has 3 heteroatoms. The molecule has 3 aromatic rings. The Morgan fingerprint density at radius 1 is 1.16 bits per heavy atom. The van der Waals surface area contributed by atoms with Crippen LogP contribution in [0.3, 0.4) is 0 Å². The highest BCUT2D eigenvalue weighted by Gasteiger charge is 2.03. The first kappa shape index (κ1) is 11.5. The fourth-order valence-corrected chi connectivity index (χ4v) is 2.23. The Labute approximate surface area is 111 Å². The van der Waals surface area contributed by atoms with Gasteiger partial charge in [-0.1, -0.05) is 12.1 Å². The summed E-state index contributed by atoms with van der Waals surface area (Å²) in [6.07, 6.45) is 4.77. The van der Waals surface area contributed by atoms with E-state index in [1.165, 1.54) is 5.39 Å². The lowest BCUT2D eigenvalue weighted by molar-refractivity contribution is 0.710. The van der Waals surface area contributed by atoms with Crippen LogP contribution in [0.2, 0.25) is 0 Å². The third-order valence-electron chi connectivity index (χ3n) is 3.24. The van der Waals surface area contributed by atoms with Gasteiger partial charge in [-0.15, -0.1) is 0 Å². The first-order chi connectivity index (χ1) is 9.36. The minimum Gasteiger partial charge on any atom is -0.347 e. The molecule has 92 valence electrons. The van der Waals surface area contributed by atoms with E-state index in [0.717, 1.165) is 24.2 Å². The van der Waals surface area contributed by atoms with Crippen molar-refractivity contribution in [1.82, 2.24) is 9.55 Å². The lowest BCUT2D eigenvalue weighted by Gasteiger charge is -2.05. The van der Waals surface area contributed by atoms with Crippen LogP contribution in [-0.2, 0) is 13.0 Å². The van der Waals surface area contributed by atoms with E-state index < -0.39 is 0 Å². The summed E-state index contributed by atoms with van der Waals surface area (Å²) >= 11 is 0. The van der Waals surface area contributed by atoms with Gasteiger partial charge in [-0.05, 0) is 35.7 Å². The summed E-state index contributed by atoms with van der Waals surface area (Å²) in [5.74, 6) is 0. The quantitative estimate of drug-likeness (QED) is 0.713. The van der Waals surface area contributed by atoms with E-state index in [2.05, 4.69) is 27.9 Å². The Morgan fingerprint density at radius 3 is 2.89 bits per heavy atom. The average molecular weight is 247 g/mol. The molecule has 0 aliphatic carbocycles. The van der Waals surface area contributed by atoms with Crippen molar-refractivity contribution >= 4 is 10.9 Å². The number of nitrogens with zero attached hydrogens (tertiary/aromatic N) is 3. The summed E-state index contributed by atoms with van der Waals surface area (Å²) in [5, 5.41) is 10.1. The van der Waals surface area contributed by atoms with Gasteiger partial charge in [0, 0.05) is 36.6 Å². The lowest BCUT2D eigenvalue weighted by atomic mass is 10.2. The van der Waals surface area contributed by atoms with Gasteiger partial charge in [0.15, 0.2) is 0 Å². The molecule has 0 unspecified atom stereocenters. The maximum absolute atomic E-state index is 8.96. The van der Waals surface area contributed by atoms with E-state index in [1.54, 1.807) is 0 Å². The molecular weight excluding hydrogens is 234 g/mol. The molecule has 1 aromatic carbocycles. The number of aromatic nitrogens is 2. The number of hydrogen-bond donors (Lipinski definition) is 0. The number of aryl methyl sites for hydroxylation is 2. The van der Waals surface area contributed by atoms with Crippen LogP contribution in [0.5, 0.6) is 0 Å². The number of rotatable bonds is 3. The van der Waals surface area contributed by atoms with Crippen LogP contribution >= 0.6 is 0 Å².